The fourth-order valence-electron chi connectivity index (χ4n) is 2.68. The summed E-state index contributed by atoms with van der Waals surface area (Å²) in [7, 11) is 1.54. The number of methoxy groups -OCH3 is 1. The minimum absolute atomic E-state index is 0.0940. The molecule has 1 N–H and O–H groups in total. The van der Waals surface area contributed by atoms with Gasteiger partial charge in [0.1, 0.15) is 18.1 Å². The summed E-state index contributed by atoms with van der Waals surface area (Å²) in [6.45, 7) is 1.22. The summed E-state index contributed by atoms with van der Waals surface area (Å²) in [6, 6.07) is 12.2. The molecule has 1 amide bonds. The van der Waals surface area contributed by atoms with Crippen molar-refractivity contribution in [3.63, 3.8) is 0 Å². The highest BCUT2D eigenvalue weighted by Gasteiger charge is 2.18. The molecule has 1 aliphatic heterocycles. The van der Waals surface area contributed by atoms with Crippen molar-refractivity contribution < 1.29 is 19.0 Å². The first kappa shape index (κ1) is 17.6. The van der Waals surface area contributed by atoms with Crippen molar-refractivity contribution in [3.05, 3.63) is 53.1 Å². The third-order valence-corrected chi connectivity index (χ3v) is 4.29. The van der Waals surface area contributed by atoms with Gasteiger partial charge < -0.3 is 19.5 Å². The summed E-state index contributed by atoms with van der Waals surface area (Å²) in [5.41, 5.74) is 1.05. The lowest BCUT2D eigenvalue weighted by Gasteiger charge is -2.15. The number of benzene rings is 2. The molecule has 0 unspecified atom stereocenters. The summed E-state index contributed by atoms with van der Waals surface area (Å²) in [5.74, 6) is 0.833. The second-order valence-electron chi connectivity index (χ2n) is 5.75. The van der Waals surface area contributed by atoms with Gasteiger partial charge in [0.05, 0.1) is 23.8 Å². The van der Waals surface area contributed by atoms with Crippen LogP contribution < -0.4 is 14.8 Å². The fraction of sp³-hybridized carbons (Fsp3) is 0.316. The zero-order chi connectivity index (χ0) is 17.6. The van der Waals surface area contributed by atoms with Crippen LogP contribution >= 0.6 is 11.6 Å². The van der Waals surface area contributed by atoms with Crippen molar-refractivity contribution >= 4 is 23.2 Å². The van der Waals surface area contributed by atoms with Crippen LogP contribution in [0.4, 0.5) is 5.69 Å². The van der Waals surface area contributed by atoms with Gasteiger partial charge in [0, 0.05) is 12.3 Å². The predicted octanol–water partition coefficient (Wildman–Crippen LogP) is 4.16. The minimum Gasteiger partial charge on any atom is -0.495 e. The molecule has 1 aliphatic rings. The molecule has 0 spiro atoms. The van der Waals surface area contributed by atoms with Gasteiger partial charge in [-0.05, 0) is 43.2 Å². The highest BCUT2D eigenvalue weighted by atomic mass is 35.5. The number of nitrogens with one attached hydrogen (secondary N) is 1. The maximum atomic E-state index is 12.6. The van der Waals surface area contributed by atoms with Crippen molar-refractivity contribution in [2.45, 2.75) is 18.9 Å². The van der Waals surface area contributed by atoms with E-state index in [9.17, 15) is 4.79 Å². The first-order valence-corrected chi connectivity index (χ1v) is 8.53. The van der Waals surface area contributed by atoms with Gasteiger partial charge in [-0.3, -0.25) is 4.79 Å². The second-order valence-corrected chi connectivity index (χ2v) is 6.15. The summed E-state index contributed by atoms with van der Waals surface area (Å²) in [5, 5.41) is 3.26. The Labute approximate surface area is 151 Å². The molecule has 0 radical (unpaired) electrons. The normalized spacial score (nSPS) is 16.5. The number of amides is 1. The number of hydrogen-bond donors (Lipinski definition) is 1. The Bertz CT molecular complexity index is 744. The van der Waals surface area contributed by atoms with Gasteiger partial charge in [-0.25, -0.2) is 0 Å². The monoisotopic (exact) mass is 361 g/mol. The van der Waals surface area contributed by atoms with Gasteiger partial charge in [-0.1, -0.05) is 23.7 Å². The molecule has 2 aromatic carbocycles. The van der Waals surface area contributed by atoms with E-state index in [1.807, 2.05) is 6.07 Å². The number of anilines is 1. The molecule has 2 aromatic rings. The van der Waals surface area contributed by atoms with Crippen LogP contribution in [0.25, 0.3) is 0 Å². The lowest BCUT2D eigenvalue weighted by molar-refractivity contribution is 0.0673. The summed E-state index contributed by atoms with van der Waals surface area (Å²) in [4.78, 5) is 12.6. The first-order valence-electron chi connectivity index (χ1n) is 8.15. The van der Waals surface area contributed by atoms with E-state index in [-0.39, 0.29) is 12.0 Å². The summed E-state index contributed by atoms with van der Waals surface area (Å²) < 4.78 is 16.5. The summed E-state index contributed by atoms with van der Waals surface area (Å²) >= 11 is 6.10. The lowest BCUT2D eigenvalue weighted by Crippen LogP contribution is -2.19. The van der Waals surface area contributed by atoms with Gasteiger partial charge in [-0.15, -0.1) is 0 Å². The average molecular weight is 362 g/mol. The SMILES string of the molecule is COc1ccc(NC(=O)c2ccccc2OC[C@H]2CCCO2)cc1Cl. The molecule has 1 saturated heterocycles. The summed E-state index contributed by atoms with van der Waals surface area (Å²) in [6.07, 6.45) is 2.13. The van der Waals surface area contributed by atoms with Crippen LogP contribution in [0.15, 0.2) is 42.5 Å². The Balaban J connectivity index is 1.70. The van der Waals surface area contributed by atoms with Crippen molar-refractivity contribution in [2.75, 3.05) is 25.6 Å². The van der Waals surface area contributed by atoms with E-state index in [1.54, 1.807) is 43.5 Å². The van der Waals surface area contributed by atoms with Crippen LogP contribution in [-0.4, -0.2) is 32.3 Å². The van der Waals surface area contributed by atoms with E-state index >= 15 is 0 Å². The van der Waals surface area contributed by atoms with E-state index in [0.29, 0.717) is 34.4 Å². The number of carbonyl (C=O) groups is 1. The minimum atomic E-state index is -0.260. The average Bonchev–Trinajstić information content (AvgIpc) is 3.14. The van der Waals surface area contributed by atoms with E-state index in [4.69, 9.17) is 25.8 Å². The number of rotatable bonds is 6. The van der Waals surface area contributed by atoms with Gasteiger partial charge in [0.15, 0.2) is 0 Å². The van der Waals surface area contributed by atoms with Crippen LogP contribution in [0.3, 0.4) is 0 Å². The molecule has 5 nitrogen and oxygen atoms in total. The Morgan fingerprint density at radius 1 is 1.28 bits per heavy atom. The Hall–Kier alpha value is -2.24. The fourth-order valence-corrected chi connectivity index (χ4v) is 2.94. The zero-order valence-corrected chi connectivity index (χ0v) is 14.7. The van der Waals surface area contributed by atoms with Gasteiger partial charge >= 0.3 is 0 Å². The third kappa shape index (κ3) is 4.44. The molecule has 1 fully saturated rings. The number of ether oxygens (including phenoxy) is 3. The third-order valence-electron chi connectivity index (χ3n) is 3.99. The maximum absolute atomic E-state index is 12.6. The number of carbonyl (C=O) groups excluding carboxylic acids is 1. The molecule has 0 bridgehead atoms. The van der Waals surface area contributed by atoms with Crippen molar-refractivity contribution in [2.24, 2.45) is 0 Å². The molecular weight excluding hydrogens is 342 g/mol. The lowest BCUT2D eigenvalue weighted by atomic mass is 10.1. The number of hydrogen-bond acceptors (Lipinski definition) is 4. The van der Waals surface area contributed by atoms with Gasteiger partial charge in [0.25, 0.3) is 5.91 Å². The van der Waals surface area contributed by atoms with Crippen LogP contribution in [0.2, 0.25) is 5.02 Å². The predicted molar refractivity (Wildman–Crippen MR) is 96.9 cm³/mol. The van der Waals surface area contributed by atoms with E-state index < -0.39 is 0 Å². The molecule has 0 saturated carbocycles. The van der Waals surface area contributed by atoms with Crippen LogP contribution in [0.5, 0.6) is 11.5 Å². The molecule has 0 aliphatic carbocycles. The molecule has 25 heavy (non-hydrogen) atoms. The molecule has 132 valence electrons. The topological polar surface area (TPSA) is 56.8 Å². The van der Waals surface area contributed by atoms with Crippen LogP contribution in [0.1, 0.15) is 23.2 Å². The standard InChI is InChI=1S/C19H20ClNO4/c1-23-18-9-8-13(11-16(18)20)21-19(22)15-6-2-3-7-17(15)25-12-14-5-4-10-24-14/h2-3,6-9,11,14H,4-5,10,12H2,1H3,(H,21,22)/t14-/m1/s1. The van der Waals surface area contributed by atoms with E-state index in [0.717, 1.165) is 19.4 Å². The molecule has 1 atom stereocenters. The Morgan fingerprint density at radius 3 is 2.84 bits per heavy atom. The van der Waals surface area contributed by atoms with E-state index in [2.05, 4.69) is 5.32 Å². The Kier molecular flexibility index (Phi) is 5.79. The maximum Gasteiger partial charge on any atom is 0.259 e. The highest BCUT2D eigenvalue weighted by molar-refractivity contribution is 6.32. The second kappa shape index (κ2) is 8.23. The smallest absolute Gasteiger partial charge is 0.259 e. The quantitative estimate of drug-likeness (QED) is 0.839. The van der Waals surface area contributed by atoms with Gasteiger partial charge in [-0.2, -0.15) is 0 Å². The van der Waals surface area contributed by atoms with Crippen LogP contribution in [-0.2, 0) is 4.74 Å². The van der Waals surface area contributed by atoms with Gasteiger partial charge in [0.2, 0.25) is 0 Å². The zero-order valence-electron chi connectivity index (χ0n) is 14.0. The molecule has 6 heteroatoms. The Morgan fingerprint density at radius 2 is 2.12 bits per heavy atom. The molecule has 1 heterocycles. The highest BCUT2D eigenvalue weighted by Crippen LogP contribution is 2.28. The van der Waals surface area contributed by atoms with Crippen molar-refractivity contribution in [3.8, 4) is 11.5 Å². The van der Waals surface area contributed by atoms with Crippen LogP contribution in [0, 0.1) is 0 Å². The first-order chi connectivity index (χ1) is 12.2. The largest absolute Gasteiger partial charge is 0.495 e. The van der Waals surface area contributed by atoms with E-state index in [1.165, 1.54) is 0 Å². The van der Waals surface area contributed by atoms with Crippen molar-refractivity contribution in [1.82, 2.24) is 0 Å². The molecule has 0 aromatic heterocycles. The number of para-hydroxylation sites is 1. The molecular formula is C19H20ClNO4. The number of halogens is 1. The molecule has 3 rings (SSSR count). The van der Waals surface area contributed by atoms with Crippen molar-refractivity contribution in [1.29, 1.82) is 0 Å².